The molecule has 1 fully saturated rings. The predicted octanol–water partition coefficient (Wildman–Crippen LogP) is 1.54. The predicted molar refractivity (Wildman–Crippen MR) is 74.7 cm³/mol. The lowest BCUT2D eigenvalue weighted by molar-refractivity contribution is -0.122. The molecule has 108 valence electrons. The second-order valence-corrected chi connectivity index (χ2v) is 5.61. The third-order valence-corrected chi connectivity index (χ3v) is 3.82. The molecule has 0 spiro atoms. The average Bonchev–Trinajstić information content (AvgIpc) is 3.17. The minimum Gasteiger partial charge on any atom is -0.454 e. The quantitative estimate of drug-likeness (QED) is 0.886. The van der Waals surface area contributed by atoms with Crippen LogP contribution in [0.3, 0.4) is 0 Å². The minimum absolute atomic E-state index is 0.132. The number of benzene rings is 1. The molecule has 1 amide bonds. The van der Waals surface area contributed by atoms with E-state index in [9.17, 15) is 4.79 Å². The molecule has 0 bridgehead atoms. The van der Waals surface area contributed by atoms with Crippen molar-refractivity contribution < 1.29 is 14.3 Å². The van der Waals surface area contributed by atoms with Crippen LogP contribution in [0.25, 0.3) is 0 Å². The zero-order valence-electron chi connectivity index (χ0n) is 11.9. The van der Waals surface area contributed by atoms with Crippen molar-refractivity contribution in [3.63, 3.8) is 0 Å². The molecule has 1 saturated carbocycles. The van der Waals surface area contributed by atoms with Crippen LogP contribution in [0.4, 0.5) is 0 Å². The van der Waals surface area contributed by atoms with Crippen LogP contribution < -0.4 is 14.8 Å². The third-order valence-electron chi connectivity index (χ3n) is 3.82. The molecular weight excluding hydrogens is 256 g/mol. The summed E-state index contributed by atoms with van der Waals surface area (Å²) < 4.78 is 10.7. The van der Waals surface area contributed by atoms with Crippen LogP contribution in [0, 0.1) is 5.92 Å². The van der Waals surface area contributed by atoms with Crippen molar-refractivity contribution in [3.05, 3.63) is 23.8 Å². The normalized spacial score (nSPS) is 18.1. The monoisotopic (exact) mass is 276 g/mol. The summed E-state index contributed by atoms with van der Waals surface area (Å²) in [4.78, 5) is 13.9. The van der Waals surface area contributed by atoms with E-state index in [0.717, 1.165) is 29.9 Å². The first-order valence-electron chi connectivity index (χ1n) is 6.99. The number of nitrogens with zero attached hydrogens (tertiary/aromatic N) is 1. The Labute approximate surface area is 118 Å². The summed E-state index contributed by atoms with van der Waals surface area (Å²) in [5.74, 6) is 1.99. The number of fused-ring (bicyclic) bond motifs is 1. The fraction of sp³-hybridized carbons (Fsp3) is 0.533. The van der Waals surface area contributed by atoms with E-state index in [-0.39, 0.29) is 24.7 Å². The molecule has 0 unspecified atom stereocenters. The van der Waals surface area contributed by atoms with Gasteiger partial charge in [-0.3, -0.25) is 4.79 Å². The van der Waals surface area contributed by atoms with Crippen LogP contribution in [0.15, 0.2) is 18.2 Å². The molecule has 2 aliphatic rings. The van der Waals surface area contributed by atoms with E-state index in [4.69, 9.17) is 9.47 Å². The minimum atomic E-state index is 0.132. The van der Waals surface area contributed by atoms with E-state index in [2.05, 4.69) is 10.2 Å². The lowest BCUT2D eigenvalue weighted by atomic mass is 10.1. The summed E-state index contributed by atoms with van der Waals surface area (Å²) in [7, 11) is 4.02. The zero-order valence-corrected chi connectivity index (χ0v) is 11.9. The van der Waals surface area contributed by atoms with E-state index >= 15 is 0 Å². The van der Waals surface area contributed by atoms with Gasteiger partial charge in [-0.05, 0) is 44.6 Å². The summed E-state index contributed by atoms with van der Waals surface area (Å²) in [6, 6.07) is 6.08. The Bertz CT molecular complexity index is 512. The SMILES string of the molecule is CN(C)[C@@H](CNC(=O)C1CC1)c1ccc2c(c1)OCO2. The highest BCUT2D eigenvalue weighted by molar-refractivity contribution is 5.80. The summed E-state index contributed by atoms with van der Waals surface area (Å²) in [6.45, 7) is 0.895. The standard InChI is InChI=1S/C15H20N2O3/c1-17(2)12(8-16-15(18)10-3-4-10)11-5-6-13-14(7-11)20-9-19-13/h5-7,10,12H,3-4,8-9H2,1-2H3,(H,16,18)/t12-/m0/s1. The van der Waals surface area contributed by atoms with Gasteiger partial charge in [-0.25, -0.2) is 0 Å². The van der Waals surface area contributed by atoms with Crippen LogP contribution in [0.1, 0.15) is 24.4 Å². The number of nitrogens with one attached hydrogen (secondary N) is 1. The molecule has 1 heterocycles. The van der Waals surface area contributed by atoms with Crippen molar-refractivity contribution in [2.45, 2.75) is 18.9 Å². The summed E-state index contributed by atoms with van der Waals surface area (Å²) in [6.07, 6.45) is 2.06. The second-order valence-electron chi connectivity index (χ2n) is 5.61. The van der Waals surface area contributed by atoms with E-state index in [0.29, 0.717) is 6.54 Å². The van der Waals surface area contributed by atoms with Crippen molar-refractivity contribution in [3.8, 4) is 11.5 Å². The van der Waals surface area contributed by atoms with Crippen molar-refractivity contribution in [2.75, 3.05) is 27.4 Å². The van der Waals surface area contributed by atoms with Crippen LogP contribution >= 0.6 is 0 Å². The van der Waals surface area contributed by atoms with E-state index in [1.165, 1.54) is 0 Å². The lowest BCUT2D eigenvalue weighted by Crippen LogP contribution is -2.35. The Morgan fingerprint density at radius 1 is 1.35 bits per heavy atom. The molecule has 5 heteroatoms. The number of ether oxygens (including phenoxy) is 2. The Kier molecular flexibility index (Phi) is 3.53. The summed E-state index contributed by atoms with van der Waals surface area (Å²) in [5, 5.41) is 3.04. The van der Waals surface area contributed by atoms with Crippen LogP contribution in [0.2, 0.25) is 0 Å². The average molecular weight is 276 g/mol. The molecule has 1 N–H and O–H groups in total. The van der Waals surface area contributed by atoms with Gasteiger partial charge < -0.3 is 19.7 Å². The number of carbonyl (C=O) groups excluding carboxylic acids is 1. The highest BCUT2D eigenvalue weighted by Gasteiger charge is 2.30. The smallest absolute Gasteiger partial charge is 0.231 e. The van der Waals surface area contributed by atoms with Crippen LogP contribution in [-0.2, 0) is 4.79 Å². The molecular formula is C15H20N2O3. The number of hydrogen-bond acceptors (Lipinski definition) is 4. The number of amides is 1. The molecule has 0 saturated heterocycles. The molecule has 1 aliphatic heterocycles. The first-order chi connectivity index (χ1) is 9.65. The fourth-order valence-corrected chi connectivity index (χ4v) is 2.41. The van der Waals surface area contributed by atoms with Gasteiger partial charge in [-0.2, -0.15) is 0 Å². The fourth-order valence-electron chi connectivity index (χ4n) is 2.41. The summed E-state index contributed by atoms with van der Waals surface area (Å²) >= 11 is 0. The van der Waals surface area contributed by atoms with Gasteiger partial charge in [0, 0.05) is 12.5 Å². The first kappa shape index (κ1) is 13.2. The maximum absolute atomic E-state index is 11.8. The molecule has 1 aromatic rings. The van der Waals surface area contributed by atoms with Crippen molar-refractivity contribution >= 4 is 5.91 Å². The molecule has 3 rings (SSSR count). The second kappa shape index (κ2) is 5.32. The van der Waals surface area contributed by atoms with Crippen molar-refractivity contribution in [1.29, 1.82) is 0 Å². The van der Waals surface area contributed by atoms with Crippen LogP contribution in [0.5, 0.6) is 11.5 Å². The van der Waals surface area contributed by atoms with Crippen molar-refractivity contribution in [2.24, 2.45) is 5.92 Å². The van der Waals surface area contributed by atoms with E-state index in [1.54, 1.807) is 0 Å². The van der Waals surface area contributed by atoms with Gasteiger partial charge in [0.2, 0.25) is 12.7 Å². The topological polar surface area (TPSA) is 50.8 Å². The van der Waals surface area contributed by atoms with Gasteiger partial charge in [-0.15, -0.1) is 0 Å². The van der Waals surface area contributed by atoms with E-state index in [1.807, 2.05) is 32.3 Å². The third kappa shape index (κ3) is 2.72. The Hall–Kier alpha value is -1.75. The molecule has 0 aromatic heterocycles. The molecule has 1 atom stereocenters. The van der Waals surface area contributed by atoms with Crippen LogP contribution in [-0.4, -0.2) is 38.2 Å². The molecule has 0 radical (unpaired) electrons. The van der Waals surface area contributed by atoms with Gasteiger partial charge in [-0.1, -0.05) is 6.07 Å². The highest BCUT2D eigenvalue weighted by atomic mass is 16.7. The Morgan fingerprint density at radius 2 is 2.10 bits per heavy atom. The Morgan fingerprint density at radius 3 is 2.80 bits per heavy atom. The highest BCUT2D eigenvalue weighted by Crippen LogP contribution is 2.35. The zero-order chi connectivity index (χ0) is 14.1. The molecule has 5 nitrogen and oxygen atoms in total. The lowest BCUT2D eigenvalue weighted by Gasteiger charge is -2.25. The maximum Gasteiger partial charge on any atom is 0.231 e. The number of likely N-dealkylation sites (N-methyl/N-ethyl adjacent to an activating group) is 1. The van der Waals surface area contributed by atoms with Gasteiger partial charge >= 0.3 is 0 Å². The van der Waals surface area contributed by atoms with Gasteiger partial charge in [0.1, 0.15) is 0 Å². The maximum atomic E-state index is 11.8. The number of carbonyl (C=O) groups is 1. The first-order valence-corrected chi connectivity index (χ1v) is 6.99. The van der Waals surface area contributed by atoms with Gasteiger partial charge in [0.05, 0.1) is 6.04 Å². The molecule has 20 heavy (non-hydrogen) atoms. The van der Waals surface area contributed by atoms with Gasteiger partial charge in [0.15, 0.2) is 11.5 Å². The molecule has 1 aliphatic carbocycles. The number of rotatable bonds is 5. The van der Waals surface area contributed by atoms with Gasteiger partial charge in [0.25, 0.3) is 0 Å². The molecule has 1 aromatic carbocycles. The van der Waals surface area contributed by atoms with Crippen molar-refractivity contribution in [1.82, 2.24) is 10.2 Å². The largest absolute Gasteiger partial charge is 0.454 e. The number of hydrogen-bond donors (Lipinski definition) is 1. The summed E-state index contributed by atoms with van der Waals surface area (Å²) in [5.41, 5.74) is 1.12. The van der Waals surface area contributed by atoms with E-state index < -0.39 is 0 Å². The Balaban J connectivity index is 1.70.